The van der Waals surface area contributed by atoms with Crippen LogP contribution in [0.5, 0.6) is 0 Å². The van der Waals surface area contributed by atoms with Gasteiger partial charge in [-0.25, -0.2) is 12.8 Å². The molecule has 1 heterocycles. The molecule has 3 rings (SSSR count). The fourth-order valence-corrected chi connectivity index (χ4v) is 5.27. The van der Waals surface area contributed by atoms with E-state index in [9.17, 15) is 18.1 Å². The largest absolute Gasteiger partial charge is 0.372 e. The molecule has 1 atom stereocenters. The number of thioether (sulfide) groups is 1. The lowest BCUT2D eigenvalue weighted by Crippen LogP contribution is -2.34. The molecule has 2 aromatic rings. The van der Waals surface area contributed by atoms with Gasteiger partial charge in [0.25, 0.3) is 0 Å². The van der Waals surface area contributed by atoms with Gasteiger partial charge < -0.3 is 15.5 Å². The Morgan fingerprint density at radius 1 is 1.34 bits per heavy atom. The highest BCUT2D eigenvalue weighted by Crippen LogP contribution is 2.34. The molecular formula is C20H22ClFN6O2S2. The van der Waals surface area contributed by atoms with Crippen LogP contribution in [0, 0.1) is 17.1 Å². The van der Waals surface area contributed by atoms with Gasteiger partial charge in [0.2, 0.25) is 10.0 Å². The average molecular weight is 497 g/mol. The minimum absolute atomic E-state index is 0.0317. The van der Waals surface area contributed by atoms with E-state index >= 15 is 0 Å². The summed E-state index contributed by atoms with van der Waals surface area (Å²) in [6.45, 7) is 1.37. The van der Waals surface area contributed by atoms with Crippen molar-refractivity contribution in [3.05, 3.63) is 46.7 Å². The van der Waals surface area contributed by atoms with Crippen molar-refractivity contribution in [3.63, 3.8) is 0 Å². The summed E-state index contributed by atoms with van der Waals surface area (Å²) in [5.74, 6) is -0.505. The zero-order valence-electron chi connectivity index (χ0n) is 17.4. The van der Waals surface area contributed by atoms with Crippen LogP contribution in [0.3, 0.4) is 0 Å². The van der Waals surface area contributed by atoms with Crippen molar-refractivity contribution in [2.24, 2.45) is 4.99 Å². The van der Waals surface area contributed by atoms with Gasteiger partial charge in [-0.1, -0.05) is 11.6 Å². The number of nitriles is 1. The summed E-state index contributed by atoms with van der Waals surface area (Å²) in [6, 6.07) is 9.25. The number of aliphatic imine (C=N–C) groups is 1. The van der Waals surface area contributed by atoms with Crippen LogP contribution in [0.4, 0.5) is 21.5 Å². The first-order valence-electron chi connectivity index (χ1n) is 9.56. The Balaban J connectivity index is 1.91. The number of sulfonamides is 1. The Bertz CT molecular complexity index is 1170. The Hall–Kier alpha value is -2.36. The lowest BCUT2D eigenvalue weighted by molar-refractivity contribution is 0.548. The SMILES string of the molecule is CNCCN(C)c1cc(C#N)ccc1Nc1cc(F)c(S(=O)(=O)NC2CSC=N2)cc1Cl. The molecule has 0 saturated carbocycles. The molecule has 0 aliphatic carbocycles. The molecule has 0 spiro atoms. The van der Waals surface area contributed by atoms with E-state index < -0.39 is 26.9 Å². The van der Waals surface area contributed by atoms with E-state index in [1.165, 1.54) is 11.8 Å². The molecule has 12 heteroatoms. The highest BCUT2D eigenvalue weighted by Gasteiger charge is 2.26. The summed E-state index contributed by atoms with van der Waals surface area (Å²) in [6.07, 6.45) is -0.643. The molecule has 0 aromatic heterocycles. The number of halogens is 2. The van der Waals surface area contributed by atoms with E-state index in [2.05, 4.69) is 26.4 Å². The molecule has 0 radical (unpaired) electrons. The van der Waals surface area contributed by atoms with Crippen molar-refractivity contribution in [1.29, 1.82) is 5.26 Å². The van der Waals surface area contributed by atoms with Crippen molar-refractivity contribution < 1.29 is 12.8 Å². The molecule has 2 aromatic carbocycles. The quantitative estimate of drug-likeness (QED) is 0.489. The third-order valence-corrected chi connectivity index (χ3v) is 7.24. The molecule has 0 fully saturated rings. The number of hydrogen-bond donors (Lipinski definition) is 3. The van der Waals surface area contributed by atoms with Crippen LogP contribution >= 0.6 is 23.4 Å². The van der Waals surface area contributed by atoms with E-state index in [1.54, 1.807) is 23.7 Å². The Labute approximate surface area is 195 Å². The zero-order valence-corrected chi connectivity index (χ0v) is 19.8. The zero-order chi connectivity index (χ0) is 23.3. The second kappa shape index (κ2) is 10.5. The van der Waals surface area contributed by atoms with E-state index in [0.29, 0.717) is 35.8 Å². The Morgan fingerprint density at radius 2 is 2.12 bits per heavy atom. The van der Waals surface area contributed by atoms with E-state index in [1.807, 2.05) is 19.0 Å². The third-order valence-electron chi connectivity index (χ3n) is 4.68. The average Bonchev–Trinajstić information content (AvgIpc) is 3.26. The van der Waals surface area contributed by atoms with Crippen molar-refractivity contribution in [1.82, 2.24) is 10.0 Å². The van der Waals surface area contributed by atoms with Crippen LogP contribution in [0.25, 0.3) is 0 Å². The molecule has 3 N–H and O–H groups in total. The van der Waals surface area contributed by atoms with Crippen LogP contribution < -0.4 is 20.3 Å². The molecule has 8 nitrogen and oxygen atoms in total. The van der Waals surface area contributed by atoms with Gasteiger partial charge in [-0.3, -0.25) is 4.99 Å². The smallest absolute Gasteiger partial charge is 0.245 e. The number of nitrogens with one attached hydrogen (secondary N) is 3. The molecule has 1 aliphatic heterocycles. The van der Waals surface area contributed by atoms with E-state index in [4.69, 9.17) is 11.6 Å². The summed E-state index contributed by atoms with van der Waals surface area (Å²) < 4.78 is 42.4. The number of anilines is 3. The molecule has 170 valence electrons. The maximum Gasteiger partial charge on any atom is 0.245 e. The predicted octanol–water partition coefficient (Wildman–Crippen LogP) is 3.13. The lowest BCUT2D eigenvalue weighted by Gasteiger charge is -2.23. The normalized spacial score (nSPS) is 15.5. The van der Waals surface area contributed by atoms with Crippen molar-refractivity contribution in [2.75, 3.05) is 43.2 Å². The maximum atomic E-state index is 14.8. The highest BCUT2D eigenvalue weighted by molar-refractivity contribution is 8.12. The van der Waals surface area contributed by atoms with Gasteiger partial charge in [-0.05, 0) is 31.3 Å². The topological polar surface area (TPSA) is 110 Å². The van der Waals surface area contributed by atoms with Crippen LogP contribution in [0.2, 0.25) is 5.02 Å². The summed E-state index contributed by atoms with van der Waals surface area (Å²) in [4.78, 5) is 5.37. The predicted molar refractivity (Wildman–Crippen MR) is 128 cm³/mol. The van der Waals surface area contributed by atoms with Gasteiger partial charge in [0.1, 0.15) is 16.9 Å². The van der Waals surface area contributed by atoms with Gasteiger partial charge in [0.05, 0.1) is 39.3 Å². The second-order valence-electron chi connectivity index (χ2n) is 6.98. The number of rotatable bonds is 9. The monoisotopic (exact) mass is 496 g/mol. The maximum absolute atomic E-state index is 14.8. The molecule has 1 unspecified atom stereocenters. The fraction of sp³-hybridized carbons (Fsp3) is 0.300. The molecule has 32 heavy (non-hydrogen) atoms. The number of nitrogens with zero attached hydrogens (tertiary/aromatic N) is 3. The molecule has 0 amide bonds. The van der Waals surface area contributed by atoms with Crippen LogP contribution in [-0.4, -0.2) is 53.1 Å². The number of likely N-dealkylation sites (N-methyl/N-ethyl adjacent to an activating group) is 2. The summed E-state index contributed by atoms with van der Waals surface area (Å²) in [5, 5.41) is 15.4. The third kappa shape index (κ3) is 5.70. The van der Waals surface area contributed by atoms with Crippen LogP contribution in [0.15, 0.2) is 40.2 Å². The van der Waals surface area contributed by atoms with Gasteiger partial charge in [-0.15, -0.1) is 11.8 Å². The van der Waals surface area contributed by atoms with Crippen LogP contribution in [0.1, 0.15) is 5.56 Å². The minimum atomic E-state index is -4.14. The van der Waals surface area contributed by atoms with Crippen molar-refractivity contribution >= 4 is 56.0 Å². The van der Waals surface area contributed by atoms with Gasteiger partial charge in [-0.2, -0.15) is 9.98 Å². The lowest BCUT2D eigenvalue weighted by atomic mass is 10.1. The van der Waals surface area contributed by atoms with Crippen molar-refractivity contribution in [2.45, 2.75) is 11.1 Å². The molecular weight excluding hydrogens is 475 g/mol. The minimum Gasteiger partial charge on any atom is -0.372 e. The molecule has 1 aliphatic rings. The summed E-state index contributed by atoms with van der Waals surface area (Å²) >= 11 is 7.68. The summed E-state index contributed by atoms with van der Waals surface area (Å²) in [5.41, 5.74) is 3.53. The molecule has 0 bridgehead atoms. The van der Waals surface area contributed by atoms with Gasteiger partial charge >= 0.3 is 0 Å². The number of hydrogen-bond acceptors (Lipinski definition) is 8. The van der Waals surface area contributed by atoms with Gasteiger partial charge in [0.15, 0.2) is 0 Å². The van der Waals surface area contributed by atoms with E-state index in [0.717, 1.165) is 12.1 Å². The first-order chi connectivity index (χ1) is 15.2. The fourth-order valence-electron chi connectivity index (χ4n) is 3.00. The van der Waals surface area contributed by atoms with E-state index in [-0.39, 0.29) is 10.7 Å². The van der Waals surface area contributed by atoms with Crippen molar-refractivity contribution in [3.8, 4) is 6.07 Å². The standard InChI is InChI=1S/C20H22ClFN6O2S2/c1-24-5-6-28(2)18-7-13(10-23)3-4-16(18)26-17-9-15(22)19(8-14(17)21)32(29,30)27-20-11-31-12-25-20/h3-4,7-9,12,20,24,26-27H,5-6,11H2,1-2H3. The highest BCUT2D eigenvalue weighted by atomic mass is 35.5. The summed E-state index contributed by atoms with van der Waals surface area (Å²) in [7, 11) is -0.439. The Kier molecular flexibility index (Phi) is 7.97. The second-order valence-corrected chi connectivity index (χ2v) is 9.95. The van der Waals surface area contributed by atoms with Crippen LogP contribution in [-0.2, 0) is 10.0 Å². The van der Waals surface area contributed by atoms with Gasteiger partial charge in [0, 0.05) is 32.0 Å². The molecule has 0 saturated heterocycles. The first kappa shape index (κ1) is 24.3. The number of benzene rings is 2. The Morgan fingerprint density at radius 3 is 2.78 bits per heavy atom. The first-order valence-corrected chi connectivity index (χ1v) is 12.5.